The standard InChI is InChI=1S/C41H50F2N8O2/c1-5-27-11-8-25(4)51(27)28-19-49(20-28)40-45-37-30(39(46-40)48-15-13-41(14-16-48)22-50(23-41)34(52)6-2)17-29(26-9-10-26)36(38(37)53-21-33(42)43)35-24(3)7-12-32-31(35)18-44-47-32/h6-7,12,17-18,25-28,33H,2,5,8-11,13-16,19-23H2,1,3-4H3,(H,44,47). The molecular weight excluding hydrogens is 675 g/mol. The van der Waals surface area contributed by atoms with Crippen molar-refractivity contribution in [3.63, 3.8) is 0 Å². The van der Waals surface area contributed by atoms with Gasteiger partial charge >= 0.3 is 0 Å². The van der Waals surface area contributed by atoms with Crippen molar-refractivity contribution < 1.29 is 18.3 Å². The van der Waals surface area contributed by atoms with Crippen LogP contribution in [0.2, 0.25) is 0 Å². The summed E-state index contributed by atoms with van der Waals surface area (Å²) in [4.78, 5) is 32.1. The molecule has 1 spiro atoms. The number of nitrogens with zero attached hydrogens (tertiary/aromatic N) is 7. The van der Waals surface area contributed by atoms with Crippen LogP contribution in [-0.4, -0.2) is 106 Å². The third-order valence-electron chi connectivity index (χ3n) is 12.9. The van der Waals surface area contributed by atoms with Crippen LogP contribution in [0.15, 0.2) is 37.1 Å². The molecule has 2 aromatic heterocycles. The molecular formula is C41H50F2N8O2. The lowest BCUT2D eigenvalue weighted by atomic mass is 9.72. The molecule has 2 atom stereocenters. The van der Waals surface area contributed by atoms with Crippen molar-refractivity contribution in [2.24, 2.45) is 5.41 Å². The second kappa shape index (κ2) is 13.2. The number of piperidine rings is 1. The molecule has 280 valence electrons. The van der Waals surface area contributed by atoms with Crippen LogP contribution in [0.25, 0.3) is 32.9 Å². The number of aromatic amines is 1. The van der Waals surface area contributed by atoms with E-state index in [1.54, 1.807) is 0 Å². The number of hydrogen-bond donors (Lipinski definition) is 1. The first-order valence-corrected chi connectivity index (χ1v) is 19.6. The van der Waals surface area contributed by atoms with Crippen molar-refractivity contribution in [3.05, 3.63) is 48.2 Å². The van der Waals surface area contributed by atoms with Crippen LogP contribution in [-0.2, 0) is 4.79 Å². The van der Waals surface area contributed by atoms with Gasteiger partial charge in [-0.1, -0.05) is 19.6 Å². The normalized spacial score (nSPS) is 23.3. The first kappa shape index (κ1) is 34.4. The second-order valence-corrected chi connectivity index (χ2v) is 16.4. The zero-order valence-electron chi connectivity index (χ0n) is 31.1. The molecule has 2 aromatic carbocycles. The number of halogens is 2. The van der Waals surface area contributed by atoms with Gasteiger partial charge in [0.2, 0.25) is 11.9 Å². The van der Waals surface area contributed by atoms with Gasteiger partial charge in [0.15, 0.2) is 5.75 Å². The van der Waals surface area contributed by atoms with Crippen molar-refractivity contribution >= 4 is 39.5 Å². The highest BCUT2D eigenvalue weighted by atomic mass is 19.3. The Morgan fingerprint density at radius 3 is 2.55 bits per heavy atom. The maximum atomic E-state index is 14.1. The Labute approximate surface area is 309 Å². The van der Waals surface area contributed by atoms with E-state index in [0.29, 0.717) is 35.3 Å². The highest BCUT2D eigenvalue weighted by Gasteiger charge is 2.47. The number of alkyl halides is 2. The Morgan fingerprint density at radius 2 is 1.85 bits per heavy atom. The number of H-pyrrole nitrogens is 1. The van der Waals surface area contributed by atoms with Crippen molar-refractivity contribution in [1.29, 1.82) is 0 Å². The van der Waals surface area contributed by atoms with E-state index in [9.17, 15) is 13.6 Å². The van der Waals surface area contributed by atoms with Crippen LogP contribution in [0, 0.1) is 12.3 Å². The largest absolute Gasteiger partial charge is 0.485 e. The molecule has 0 radical (unpaired) electrons. The van der Waals surface area contributed by atoms with Gasteiger partial charge in [0.05, 0.1) is 11.7 Å². The fourth-order valence-corrected chi connectivity index (χ4v) is 9.86. The molecule has 10 nitrogen and oxygen atoms in total. The third kappa shape index (κ3) is 5.92. The molecule has 4 saturated heterocycles. The highest BCUT2D eigenvalue weighted by Crippen LogP contribution is 2.53. The monoisotopic (exact) mass is 724 g/mol. The molecule has 5 fully saturated rings. The summed E-state index contributed by atoms with van der Waals surface area (Å²) < 4.78 is 34.5. The van der Waals surface area contributed by atoms with Crippen molar-refractivity contribution in [2.75, 3.05) is 55.7 Å². The predicted molar refractivity (Wildman–Crippen MR) is 204 cm³/mol. The lowest BCUT2D eigenvalue weighted by molar-refractivity contribution is -0.139. The average Bonchev–Trinajstić information content (AvgIpc) is 3.75. The fraction of sp³-hybridized carbons (Fsp3) is 0.561. The maximum absolute atomic E-state index is 14.1. The van der Waals surface area contributed by atoms with Crippen molar-refractivity contribution in [1.82, 2.24) is 30.0 Å². The molecule has 9 rings (SSSR count). The number of rotatable bonds is 10. The van der Waals surface area contributed by atoms with Gasteiger partial charge in [-0.15, -0.1) is 0 Å². The van der Waals surface area contributed by atoms with Gasteiger partial charge in [0.1, 0.15) is 17.9 Å². The van der Waals surface area contributed by atoms with E-state index in [-0.39, 0.29) is 17.2 Å². The Balaban J connectivity index is 1.17. The summed E-state index contributed by atoms with van der Waals surface area (Å²) in [5.74, 6) is 2.16. The fourth-order valence-electron chi connectivity index (χ4n) is 9.86. The minimum Gasteiger partial charge on any atom is -0.485 e. The number of carbonyl (C=O) groups excluding carboxylic acids is 1. The molecule has 1 N–H and O–H groups in total. The van der Waals surface area contributed by atoms with Crippen LogP contribution in [0.4, 0.5) is 20.5 Å². The Bertz CT molecular complexity index is 2060. The van der Waals surface area contributed by atoms with E-state index in [1.807, 2.05) is 17.2 Å². The minimum absolute atomic E-state index is 0.00740. The van der Waals surface area contributed by atoms with Gasteiger partial charge in [-0.2, -0.15) is 10.1 Å². The molecule has 1 aliphatic carbocycles. The van der Waals surface area contributed by atoms with Crippen LogP contribution in [0.3, 0.4) is 0 Å². The summed E-state index contributed by atoms with van der Waals surface area (Å²) >= 11 is 0. The number of amides is 1. The molecule has 5 aliphatic rings. The topological polar surface area (TPSA) is 93.7 Å². The van der Waals surface area contributed by atoms with E-state index in [1.165, 1.54) is 18.9 Å². The molecule has 4 aromatic rings. The van der Waals surface area contributed by atoms with Crippen LogP contribution in [0.5, 0.6) is 5.75 Å². The van der Waals surface area contributed by atoms with Crippen molar-refractivity contribution in [2.45, 2.75) is 96.2 Å². The number of likely N-dealkylation sites (tertiary alicyclic amines) is 2. The zero-order valence-corrected chi connectivity index (χ0v) is 31.1. The number of carbonyl (C=O) groups is 1. The number of ether oxygens (including phenoxy) is 1. The van der Waals surface area contributed by atoms with Gasteiger partial charge in [-0.3, -0.25) is 14.8 Å². The number of aryl methyl sites for hydroxylation is 1. The summed E-state index contributed by atoms with van der Waals surface area (Å²) in [5.41, 5.74) is 5.49. The highest BCUT2D eigenvalue weighted by molar-refractivity contribution is 6.06. The second-order valence-electron chi connectivity index (χ2n) is 16.4. The Morgan fingerprint density at radius 1 is 1.08 bits per heavy atom. The van der Waals surface area contributed by atoms with Crippen LogP contribution < -0.4 is 14.5 Å². The smallest absolute Gasteiger partial charge is 0.272 e. The quantitative estimate of drug-likeness (QED) is 0.174. The van der Waals surface area contributed by atoms with Crippen molar-refractivity contribution in [3.8, 4) is 16.9 Å². The van der Waals surface area contributed by atoms with Gasteiger partial charge in [-0.25, -0.2) is 13.8 Å². The average molecular weight is 725 g/mol. The van der Waals surface area contributed by atoms with E-state index in [2.05, 4.69) is 64.4 Å². The van der Waals surface area contributed by atoms with E-state index < -0.39 is 13.0 Å². The molecule has 1 amide bonds. The van der Waals surface area contributed by atoms with E-state index >= 15 is 0 Å². The molecule has 1 saturated carbocycles. The molecule has 4 aliphatic heterocycles. The summed E-state index contributed by atoms with van der Waals surface area (Å²) in [5, 5.41) is 9.25. The summed E-state index contributed by atoms with van der Waals surface area (Å²) in [7, 11) is 0. The SMILES string of the molecule is C=CC(=O)N1CC2(CCN(c3nc(N4CC(N5C(C)CCC5CC)C4)nc4c(OCC(F)F)c(-c5c(C)ccc6[nH]ncc56)c(C5CC5)cc34)CC2)C1. The number of nitrogens with one attached hydrogen (secondary N) is 1. The molecule has 6 heterocycles. The first-order valence-electron chi connectivity index (χ1n) is 19.6. The third-order valence-corrected chi connectivity index (χ3v) is 12.9. The number of aromatic nitrogens is 4. The summed E-state index contributed by atoms with van der Waals surface area (Å²) in [6.45, 7) is 14.4. The van der Waals surface area contributed by atoms with Gasteiger partial charge in [-0.05, 0) is 99.6 Å². The summed E-state index contributed by atoms with van der Waals surface area (Å²) in [6, 6.07) is 7.89. The van der Waals surface area contributed by atoms with Gasteiger partial charge in [0.25, 0.3) is 6.43 Å². The van der Waals surface area contributed by atoms with Gasteiger partial charge < -0.3 is 19.4 Å². The lowest BCUT2D eigenvalue weighted by Gasteiger charge is -2.54. The van der Waals surface area contributed by atoms with Crippen LogP contribution >= 0.6 is 0 Å². The first-order chi connectivity index (χ1) is 25.7. The predicted octanol–water partition coefficient (Wildman–Crippen LogP) is 7.07. The lowest BCUT2D eigenvalue weighted by Crippen LogP contribution is -2.62. The van der Waals surface area contributed by atoms with E-state index in [0.717, 1.165) is 116 Å². The zero-order chi connectivity index (χ0) is 36.6. The van der Waals surface area contributed by atoms with Crippen LogP contribution in [0.1, 0.15) is 75.8 Å². The number of hydrogen-bond acceptors (Lipinski definition) is 8. The van der Waals surface area contributed by atoms with E-state index in [4.69, 9.17) is 14.7 Å². The minimum atomic E-state index is -2.65. The molecule has 0 bridgehead atoms. The number of fused-ring (bicyclic) bond motifs is 2. The Hall–Kier alpha value is -4.32. The molecule has 53 heavy (non-hydrogen) atoms. The number of benzene rings is 2. The molecule has 2 unspecified atom stereocenters. The van der Waals surface area contributed by atoms with Gasteiger partial charge in [0, 0.05) is 79.1 Å². The molecule has 12 heteroatoms. The number of anilines is 2. The Kier molecular flexibility index (Phi) is 8.59. The maximum Gasteiger partial charge on any atom is 0.272 e. The summed E-state index contributed by atoms with van der Waals surface area (Å²) in [6.07, 6.45) is 8.11.